The van der Waals surface area contributed by atoms with E-state index in [1.165, 1.54) is 7.11 Å². The van der Waals surface area contributed by atoms with E-state index < -0.39 is 17.9 Å². The topological polar surface area (TPSA) is 44.8 Å². The van der Waals surface area contributed by atoms with Crippen molar-refractivity contribution in [1.29, 1.82) is 0 Å². The molecule has 0 amide bonds. The zero-order valence-corrected chi connectivity index (χ0v) is 7.87. The molecule has 0 spiro atoms. The lowest BCUT2D eigenvalue weighted by molar-refractivity contribution is -0.138. The van der Waals surface area contributed by atoms with Crippen molar-refractivity contribution in [3.8, 4) is 0 Å². The van der Waals surface area contributed by atoms with E-state index in [0.29, 0.717) is 0 Å². The summed E-state index contributed by atoms with van der Waals surface area (Å²) < 4.78 is 26.4. The predicted molar refractivity (Wildman–Crippen MR) is 43.6 cm³/mol. The Morgan fingerprint density at radius 2 is 2.15 bits per heavy atom. The summed E-state index contributed by atoms with van der Waals surface area (Å²) in [4.78, 5) is 10.6. The maximum absolute atomic E-state index is 12.7. The Balaban J connectivity index is 3.97. The first-order valence-electron chi connectivity index (χ1n) is 3.68. The standard InChI is InChI=1S/C8H13FO4/c1-6(13-5-11-2)4-7(9)8(10)12-3/h4,6H,5H2,1-3H3/b7-4-. The summed E-state index contributed by atoms with van der Waals surface area (Å²) in [5.41, 5.74) is 0. The quantitative estimate of drug-likeness (QED) is 0.370. The van der Waals surface area contributed by atoms with E-state index in [1.54, 1.807) is 6.92 Å². The molecule has 76 valence electrons. The van der Waals surface area contributed by atoms with E-state index in [-0.39, 0.29) is 6.79 Å². The van der Waals surface area contributed by atoms with Gasteiger partial charge in [0.2, 0.25) is 5.83 Å². The first-order chi connectivity index (χ1) is 6.11. The van der Waals surface area contributed by atoms with Crippen LogP contribution in [0.3, 0.4) is 0 Å². The van der Waals surface area contributed by atoms with Crippen molar-refractivity contribution in [2.75, 3.05) is 21.0 Å². The maximum Gasteiger partial charge on any atom is 0.366 e. The fourth-order valence-electron chi connectivity index (χ4n) is 0.595. The monoisotopic (exact) mass is 192 g/mol. The molecule has 0 bridgehead atoms. The molecule has 0 aromatic rings. The Bertz CT molecular complexity index is 191. The molecule has 0 heterocycles. The van der Waals surface area contributed by atoms with E-state index in [4.69, 9.17) is 4.74 Å². The third kappa shape index (κ3) is 5.32. The molecule has 1 atom stereocenters. The van der Waals surface area contributed by atoms with Crippen molar-refractivity contribution < 1.29 is 23.4 Å². The van der Waals surface area contributed by atoms with Crippen LogP contribution in [-0.2, 0) is 19.0 Å². The van der Waals surface area contributed by atoms with Gasteiger partial charge in [-0.15, -0.1) is 0 Å². The smallest absolute Gasteiger partial charge is 0.366 e. The molecule has 0 saturated heterocycles. The second kappa shape index (κ2) is 6.56. The van der Waals surface area contributed by atoms with Gasteiger partial charge >= 0.3 is 5.97 Å². The van der Waals surface area contributed by atoms with E-state index in [2.05, 4.69) is 9.47 Å². The maximum atomic E-state index is 12.7. The van der Waals surface area contributed by atoms with Gasteiger partial charge in [-0.3, -0.25) is 0 Å². The van der Waals surface area contributed by atoms with E-state index in [1.807, 2.05) is 0 Å². The molecule has 0 aromatic heterocycles. The predicted octanol–water partition coefficient (Wildman–Crippen LogP) is 1.02. The van der Waals surface area contributed by atoms with Gasteiger partial charge in [0.05, 0.1) is 13.2 Å². The molecule has 0 fully saturated rings. The normalized spacial score (nSPS) is 14.0. The van der Waals surface area contributed by atoms with Gasteiger partial charge in [0.1, 0.15) is 6.79 Å². The van der Waals surface area contributed by atoms with Crippen LogP contribution in [0.2, 0.25) is 0 Å². The largest absolute Gasteiger partial charge is 0.464 e. The van der Waals surface area contributed by atoms with Gasteiger partial charge in [-0.2, -0.15) is 4.39 Å². The SMILES string of the molecule is COCOC(C)/C=C(\F)C(=O)OC. The van der Waals surface area contributed by atoms with Crippen LogP contribution < -0.4 is 0 Å². The van der Waals surface area contributed by atoms with Gasteiger partial charge in [-0.05, 0) is 13.0 Å². The number of hydrogen-bond donors (Lipinski definition) is 0. The number of ether oxygens (including phenoxy) is 3. The van der Waals surface area contributed by atoms with E-state index in [0.717, 1.165) is 13.2 Å². The van der Waals surface area contributed by atoms with E-state index in [9.17, 15) is 9.18 Å². The van der Waals surface area contributed by atoms with Crippen molar-refractivity contribution >= 4 is 5.97 Å². The molecule has 0 saturated carbocycles. The van der Waals surface area contributed by atoms with Crippen LogP contribution in [0.1, 0.15) is 6.92 Å². The molecule has 0 aliphatic heterocycles. The average molecular weight is 192 g/mol. The van der Waals surface area contributed by atoms with Gasteiger partial charge in [0, 0.05) is 7.11 Å². The summed E-state index contributed by atoms with van der Waals surface area (Å²) in [7, 11) is 2.56. The fourth-order valence-corrected chi connectivity index (χ4v) is 0.595. The van der Waals surface area contributed by atoms with Crippen molar-refractivity contribution in [3.63, 3.8) is 0 Å². The molecule has 0 aliphatic rings. The number of carbonyl (C=O) groups is 1. The van der Waals surface area contributed by atoms with Gasteiger partial charge in [0.15, 0.2) is 0 Å². The minimum Gasteiger partial charge on any atom is -0.464 e. The molecule has 0 radical (unpaired) electrons. The fraction of sp³-hybridized carbons (Fsp3) is 0.625. The molecule has 13 heavy (non-hydrogen) atoms. The lowest BCUT2D eigenvalue weighted by atomic mass is 10.3. The minimum atomic E-state index is -1.01. The molecule has 0 aromatic carbocycles. The van der Waals surface area contributed by atoms with Gasteiger partial charge in [-0.25, -0.2) is 4.79 Å². The molecule has 4 nitrogen and oxygen atoms in total. The molecular formula is C8H13FO4. The van der Waals surface area contributed by atoms with Crippen LogP contribution in [0, 0.1) is 0 Å². The highest BCUT2D eigenvalue weighted by Crippen LogP contribution is 2.03. The third-order valence-electron chi connectivity index (χ3n) is 1.21. The molecule has 0 N–H and O–H groups in total. The average Bonchev–Trinajstić information content (AvgIpc) is 2.13. The number of methoxy groups -OCH3 is 2. The zero-order chi connectivity index (χ0) is 10.3. The molecule has 5 heteroatoms. The van der Waals surface area contributed by atoms with Crippen molar-refractivity contribution in [1.82, 2.24) is 0 Å². The first-order valence-corrected chi connectivity index (χ1v) is 3.68. The van der Waals surface area contributed by atoms with Crippen LogP contribution in [0.15, 0.2) is 11.9 Å². The lowest BCUT2D eigenvalue weighted by Crippen LogP contribution is -2.10. The van der Waals surface area contributed by atoms with Crippen LogP contribution in [0.5, 0.6) is 0 Å². The Kier molecular flexibility index (Phi) is 6.09. The Morgan fingerprint density at radius 3 is 2.62 bits per heavy atom. The molecular weight excluding hydrogens is 179 g/mol. The number of halogens is 1. The van der Waals surface area contributed by atoms with Crippen LogP contribution >= 0.6 is 0 Å². The second-order valence-corrected chi connectivity index (χ2v) is 2.28. The summed E-state index contributed by atoms with van der Waals surface area (Å²) in [6, 6.07) is 0. The van der Waals surface area contributed by atoms with E-state index >= 15 is 0 Å². The highest BCUT2D eigenvalue weighted by atomic mass is 19.1. The Hall–Kier alpha value is -0.940. The summed E-state index contributed by atoms with van der Waals surface area (Å²) in [5.74, 6) is -1.97. The van der Waals surface area contributed by atoms with Crippen molar-refractivity contribution in [3.05, 3.63) is 11.9 Å². The van der Waals surface area contributed by atoms with Crippen LogP contribution in [0.25, 0.3) is 0 Å². The minimum absolute atomic E-state index is 0.0477. The van der Waals surface area contributed by atoms with Crippen molar-refractivity contribution in [2.24, 2.45) is 0 Å². The summed E-state index contributed by atoms with van der Waals surface area (Å²) in [6.45, 7) is 1.63. The molecule has 0 aliphatic carbocycles. The van der Waals surface area contributed by atoms with Crippen LogP contribution in [0.4, 0.5) is 4.39 Å². The highest BCUT2D eigenvalue weighted by molar-refractivity contribution is 5.85. The summed E-state index contributed by atoms with van der Waals surface area (Å²) >= 11 is 0. The Labute approximate surface area is 76.3 Å². The highest BCUT2D eigenvalue weighted by Gasteiger charge is 2.10. The third-order valence-corrected chi connectivity index (χ3v) is 1.21. The van der Waals surface area contributed by atoms with Gasteiger partial charge in [-0.1, -0.05) is 0 Å². The van der Waals surface area contributed by atoms with Crippen molar-refractivity contribution in [2.45, 2.75) is 13.0 Å². The lowest BCUT2D eigenvalue weighted by Gasteiger charge is -2.06. The molecule has 0 rings (SSSR count). The Morgan fingerprint density at radius 1 is 1.54 bits per heavy atom. The molecule has 1 unspecified atom stereocenters. The van der Waals surface area contributed by atoms with Crippen LogP contribution in [-0.4, -0.2) is 33.1 Å². The van der Waals surface area contributed by atoms with Gasteiger partial charge < -0.3 is 14.2 Å². The number of carbonyl (C=O) groups excluding carboxylic acids is 1. The summed E-state index contributed by atoms with van der Waals surface area (Å²) in [5, 5.41) is 0. The van der Waals surface area contributed by atoms with Gasteiger partial charge in [0.25, 0.3) is 0 Å². The first kappa shape index (κ1) is 12.1. The second-order valence-electron chi connectivity index (χ2n) is 2.28. The zero-order valence-electron chi connectivity index (χ0n) is 7.87. The number of esters is 1. The number of hydrogen-bond acceptors (Lipinski definition) is 4. The number of rotatable bonds is 5. The summed E-state index contributed by atoms with van der Waals surface area (Å²) in [6.07, 6.45) is 0.490.